The molecule has 0 aliphatic heterocycles. The van der Waals surface area contributed by atoms with E-state index in [1.54, 1.807) is 7.11 Å². The van der Waals surface area contributed by atoms with Gasteiger partial charge in [-0.3, -0.25) is 0 Å². The summed E-state index contributed by atoms with van der Waals surface area (Å²) in [5.41, 5.74) is 1.37. The zero-order chi connectivity index (χ0) is 13.2. The maximum Gasteiger partial charge on any atom is 0.0587 e. The van der Waals surface area contributed by atoms with Gasteiger partial charge in [0.05, 0.1) is 6.61 Å². The van der Waals surface area contributed by atoms with E-state index in [0.717, 1.165) is 32.0 Å². The number of thioether (sulfide) groups is 1. The first-order valence-corrected chi connectivity index (χ1v) is 7.27. The fourth-order valence-corrected chi connectivity index (χ4v) is 2.70. The van der Waals surface area contributed by atoms with E-state index in [1.807, 2.05) is 11.8 Å². The lowest BCUT2D eigenvalue weighted by Gasteiger charge is -2.12. The molecule has 0 aliphatic carbocycles. The zero-order valence-corrected chi connectivity index (χ0v) is 12.4. The van der Waals surface area contributed by atoms with Gasteiger partial charge in [0.25, 0.3) is 0 Å². The predicted octanol–water partition coefficient (Wildman–Crippen LogP) is 2.08. The fourth-order valence-electron chi connectivity index (χ4n) is 1.53. The van der Waals surface area contributed by atoms with E-state index >= 15 is 0 Å². The average Bonchev–Trinajstić information content (AvgIpc) is 2.36. The molecule has 0 aliphatic rings. The van der Waals surface area contributed by atoms with Crippen LogP contribution < -0.4 is 5.32 Å². The lowest BCUT2D eigenvalue weighted by Crippen LogP contribution is -2.19. The summed E-state index contributed by atoms with van der Waals surface area (Å²) in [6, 6.07) is 8.60. The first kappa shape index (κ1) is 15.5. The van der Waals surface area contributed by atoms with E-state index in [2.05, 4.69) is 48.6 Å². The highest BCUT2D eigenvalue weighted by molar-refractivity contribution is 7.99. The van der Waals surface area contributed by atoms with Crippen molar-refractivity contribution in [3.8, 4) is 0 Å². The van der Waals surface area contributed by atoms with Crippen molar-refractivity contribution in [1.82, 2.24) is 10.2 Å². The Labute approximate surface area is 115 Å². The number of methoxy groups -OCH3 is 1. The normalized spacial score (nSPS) is 11.1. The van der Waals surface area contributed by atoms with Crippen molar-refractivity contribution in [2.75, 3.05) is 46.7 Å². The Balaban J connectivity index is 2.40. The molecule has 4 heteroatoms. The molecule has 18 heavy (non-hydrogen) atoms. The summed E-state index contributed by atoms with van der Waals surface area (Å²) in [7, 11) is 5.95. The molecule has 1 rings (SSSR count). The second kappa shape index (κ2) is 9.39. The monoisotopic (exact) mass is 268 g/mol. The van der Waals surface area contributed by atoms with Gasteiger partial charge < -0.3 is 15.0 Å². The van der Waals surface area contributed by atoms with Crippen molar-refractivity contribution < 1.29 is 4.74 Å². The van der Waals surface area contributed by atoms with Crippen LogP contribution in [0.3, 0.4) is 0 Å². The highest BCUT2D eigenvalue weighted by Gasteiger charge is 2.02. The predicted molar refractivity (Wildman–Crippen MR) is 79.3 cm³/mol. The zero-order valence-electron chi connectivity index (χ0n) is 11.6. The van der Waals surface area contributed by atoms with E-state index in [4.69, 9.17) is 4.74 Å². The van der Waals surface area contributed by atoms with Gasteiger partial charge in [0, 0.05) is 37.4 Å². The highest BCUT2D eigenvalue weighted by Crippen LogP contribution is 2.22. The number of ether oxygens (including phenoxy) is 1. The molecule has 0 saturated heterocycles. The maximum atomic E-state index is 5.03. The molecule has 0 fully saturated rings. The molecule has 0 bridgehead atoms. The van der Waals surface area contributed by atoms with Crippen LogP contribution in [0.1, 0.15) is 5.56 Å². The van der Waals surface area contributed by atoms with Crippen LogP contribution in [0.15, 0.2) is 29.2 Å². The number of hydrogen-bond acceptors (Lipinski definition) is 4. The molecule has 0 atom stereocenters. The van der Waals surface area contributed by atoms with E-state index < -0.39 is 0 Å². The number of nitrogens with one attached hydrogen (secondary N) is 1. The first-order valence-electron chi connectivity index (χ1n) is 6.29. The minimum atomic E-state index is 0.760. The van der Waals surface area contributed by atoms with Gasteiger partial charge in [0.2, 0.25) is 0 Å². The summed E-state index contributed by atoms with van der Waals surface area (Å²) in [5.74, 6) is 1.13. The van der Waals surface area contributed by atoms with E-state index in [1.165, 1.54) is 10.5 Å². The molecule has 1 N–H and O–H groups in total. The average molecular weight is 268 g/mol. The van der Waals surface area contributed by atoms with Crippen molar-refractivity contribution in [3.05, 3.63) is 29.8 Å². The topological polar surface area (TPSA) is 24.5 Å². The molecule has 0 aromatic heterocycles. The number of hydrogen-bond donors (Lipinski definition) is 1. The molecule has 0 heterocycles. The van der Waals surface area contributed by atoms with E-state index in [-0.39, 0.29) is 0 Å². The van der Waals surface area contributed by atoms with Crippen molar-refractivity contribution >= 4 is 11.8 Å². The van der Waals surface area contributed by atoms with Gasteiger partial charge in [-0.2, -0.15) is 0 Å². The molecular weight excluding hydrogens is 244 g/mol. The van der Waals surface area contributed by atoms with Crippen molar-refractivity contribution in [2.45, 2.75) is 11.4 Å². The standard InChI is InChI=1S/C14H24N2OS/c1-16(2)9-11-18-14-7-5-4-6-13(14)12-15-8-10-17-3/h4-7,15H,8-12H2,1-3H3. The van der Waals surface area contributed by atoms with Gasteiger partial charge in [-0.1, -0.05) is 18.2 Å². The number of benzene rings is 1. The third kappa shape index (κ3) is 6.40. The highest BCUT2D eigenvalue weighted by atomic mass is 32.2. The Hall–Kier alpha value is -0.550. The Morgan fingerprint density at radius 1 is 1.28 bits per heavy atom. The second-order valence-corrected chi connectivity index (χ2v) is 5.57. The summed E-state index contributed by atoms with van der Waals surface area (Å²) < 4.78 is 5.03. The number of nitrogens with zero attached hydrogens (tertiary/aromatic N) is 1. The lowest BCUT2D eigenvalue weighted by atomic mass is 10.2. The molecule has 102 valence electrons. The van der Waals surface area contributed by atoms with Gasteiger partial charge >= 0.3 is 0 Å². The molecule has 1 aromatic rings. The summed E-state index contributed by atoms with van der Waals surface area (Å²) in [5, 5.41) is 3.39. The molecular formula is C14H24N2OS. The number of rotatable bonds is 9. The third-order valence-electron chi connectivity index (χ3n) is 2.57. The summed E-state index contributed by atoms with van der Waals surface area (Å²) in [4.78, 5) is 3.59. The van der Waals surface area contributed by atoms with Crippen LogP contribution >= 0.6 is 11.8 Å². The van der Waals surface area contributed by atoms with Crippen LogP contribution in [0, 0.1) is 0 Å². The maximum absolute atomic E-state index is 5.03. The minimum Gasteiger partial charge on any atom is -0.383 e. The molecule has 3 nitrogen and oxygen atoms in total. The Morgan fingerprint density at radius 3 is 2.78 bits per heavy atom. The van der Waals surface area contributed by atoms with Gasteiger partial charge in [0.1, 0.15) is 0 Å². The fraction of sp³-hybridized carbons (Fsp3) is 0.571. The van der Waals surface area contributed by atoms with Crippen molar-refractivity contribution in [2.24, 2.45) is 0 Å². The van der Waals surface area contributed by atoms with Gasteiger partial charge in [-0.05, 0) is 25.7 Å². The van der Waals surface area contributed by atoms with Crippen LogP contribution in [0.5, 0.6) is 0 Å². The molecule has 0 spiro atoms. The van der Waals surface area contributed by atoms with Crippen LogP contribution in [0.2, 0.25) is 0 Å². The van der Waals surface area contributed by atoms with Crippen LogP contribution in [0.25, 0.3) is 0 Å². The summed E-state index contributed by atoms with van der Waals surface area (Å²) in [6.07, 6.45) is 0. The van der Waals surface area contributed by atoms with Crippen LogP contribution in [0.4, 0.5) is 0 Å². The smallest absolute Gasteiger partial charge is 0.0587 e. The first-order chi connectivity index (χ1) is 8.74. The Morgan fingerprint density at radius 2 is 2.06 bits per heavy atom. The van der Waals surface area contributed by atoms with Crippen molar-refractivity contribution in [1.29, 1.82) is 0 Å². The van der Waals surface area contributed by atoms with Crippen LogP contribution in [-0.4, -0.2) is 51.6 Å². The van der Waals surface area contributed by atoms with E-state index in [9.17, 15) is 0 Å². The molecule has 0 unspecified atom stereocenters. The quantitative estimate of drug-likeness (QED) is 0.547. The molecule has 0 radical (unpaired) electrons. The second-order valence-electron chi connectivity index (χ2n) is 4.43. The molecule has 0 amide bonds. The summed E-state index contributed by atoms with van der Waals surface area (Å²) in [6.45, 7) is 3.67. The SMILES string of the molecule is COCCNCc1ccccc1SCCN(C)C. The van der Waals surface area contributed by atoms with Gasteiger partial charge in [-0.15, -0.1) is 11.8 Å². The van der Waals surface area contributed by atoms with Gasteiger partial charge in [-0.25, -0.2) is 0 Å². The minimum absolute atomic E-state index is 0.760. The van der Waals surface area contributed by atoms with Crippen LogP contribution in [-0.2, 0) is 11.3 Å². The Kier molecular flexibility index (Phi) is 8.09. The van der Waals surface area contributed by atoms with E-state index in [0.29, 0.717) is 0 Å². The van der Waals surface area contributed by atoms with Crippen molar-refractivity contribution in [3.63, 3.8) is 0 Å². The molecule has 1 aromatic carbocycles. The van der Waals surface area contributed by atoms with Gasteiger partial charge in [0.15, 0.2) is 0 Å². The largest absolute Gasteiger partial charge is 0.383 e. The lowest BCUT2D eigenvalue weighted by molar-refractivity contribution is 0.199. The Bertz CT molecular complexity index is 331. The molecule has 0 saturated carbocycles. The summed E-state index contributed by atoms with van der Waals surface area (Å²) >= 11 is 1.93. The third-order valence-corrected chi connectivity index (χ3v) is 3.66.